The number of aryl methyl sites for hydroxylation is 2. The van der Waals surface area contributed by atoms with E-state index in [4.69, 9.17) is 0 Å². The van der Waals surface area contributed by atoms with E-state index in [2.05, 4.69) is 26.3 Å². The van der Waals surface area contributed by atoms with Crippen molar-refractivity contribution >= 4 is 27.6 Å². The van der Waals surface area contributed by atoms with E-state index in [1.807, 2.05) is 73.9 Å². The van der Waals surface area contributed by atoms with Crippen molar-refractivity contribution in [3.05, 3.63) is 94.3 Å². The molecule has 0 spiro atoms. The second kappa shape index (κ2) is 7.40. The summed E-state index contributed by atoms with van der Waals surface area (Å²) >= 11 is 0. The maximum atomic E-state index is 13.8. The second-order valence-corrected chi connectivity index (χ2v) is 7.86. The number of H-pyrrole nitrogens is 1. The molecule has 2 N–H and O–H groups in total. The molecular formula is C25H23N5O. The van der Waals surface area contributed by atoms with Crippen molar-refractivity contribution in [3.8, 4) is 5.69 Å². The Morgan fingerprint density at radius 2 is 1.81 bits per heavy atom. The van der Waals surface area contributed by atoms with Gasteiger partial charge in [-0.1, -0.05) is 36.4 Å². The number of pyridine rings is 2. The molecule has 6 heteroatoms. The summed E-state index contributed by atoms with van der Waals surface area (Å²) in [6.07, 6.45) is 3.40. The molecule has 0 amide bonds. The van der Waals surface area contributed by atoms with Crippen LogP contribution in [-0.2, 0) is 0 Å². The number of para-hydroxylation sites is 1. The zero-order valence-electron chi connectivity index (χ0n) is 17.7. The third kappa shape index (κ3) is 3.17. The van der Waals surface area contributed by atoms with Crippen molar-refractivity contribution in [1.29, 1.82) is 0 Å². The molecule has 0 saturated carbocycles. The monoisotopic (exact) mass is 409 g/mol. The molecule has 3 aromatic heterocycles. The SMILES string of the molecule is Cc1ccccc1-n1c(C(C)Nc2nccc3[nH]cnc23)cc2cccc(C)c2c1=O. The molecule has 0 bridgehead atoms. The van der Waals surface area contributed by atoms with Crippen LogP contribution in [0.2, 0.25) is 0 Å². The quantitative estimate of drug-likeness (QED) is 0.435. The Morgan fingerprint density at radius 1 is 1.00 bits per heavy atom. The van der Waals surface area contributed by atoms with Crippen molar-refractivity contribution in [2.45, 2.75) is 26.8 Å². The summed E-state index contributed by atoms with van der Waals surface area (Å²) in [6, 6.07) is 17.7. The maximum Gasteiger partial charge on any atom is 0.263 e. The van der Waals surface area contributed by atoms with E-state index >= 15 is 0 Å². The minimum absolute atomic E-state index is 0.0144. The molecule has 0 aliphatic carbocycles. The van der Waals surface area contributed by atoms with Crippen molar-refractivity contribution < 1.29 is 0 Å². The fourth-order valence-electron chi connectivity index (χ4n) is 4.19. The Labute approximate surface area is 179 Å². The van der Waals surface area contributed by atoms with E-state index in [1.54, 1.807) is 12.5 Å². The van der Waals surface area contributed by atoms with Gasteiger partial charge in [0.2, 0.25) is 0 Å². The standard InChI is InChI=1S/C25H23N5O/c1-15-7-4-5-10-20(15)30-21(13-18-9-6-8-16(2)22(18)25(30)31)17(3)29-24-23-19(11-12-26-24)27-14-28-23/h4-14,17H,1-3H3,(H,26,29)(H,27,28). The molecule has 2 aromatic carbocycles. The van der Waals surface area contributed by atoms with Crippen LogP contribution in [0.3, 0.4) is 0 Å². The molecule has 0 saturated heterocycles. The van der Waals surface area contributed by atoms with Gasteiger partial charge in [0.15, 0.2) is 5.82 Å². The van der Waals surface area contributed by atoms with Crippen LogP contribution in [0.5, 0.6) is 0 Å². The topological polar surface area (TPSA) is 75.6 Å². The number of hydrogen-bond acceptors (Lipinski definition) is 4. The summed E-state index contributed by atoms with van der Waals surface area (Å²) in [5.41, 5.74) is 5.43. The zero-order valence-corrected chi connectivity index (χ0v) is 17.7. The van der Waals surface area contributed by atoms with Crippen LogP contribution >= 0.6 is 0 Å². The Kier molecular flexibility index (Phi) is 4.55. The van der Waals surface area contributed by atoms with Crippen LogP contribution in [0.15, 0.2) is 71.9 Å². The summed E-state index contributed by atoms with van der Waals surface area (Å²) < 4.78 is 1.83. The van der Waals surface area contributed by atoms with E-state index in [0.717, 1.165) is 44.3 Å². The number of imidazole rings is 1. The first-order valence-electron chi connectivity index (χ1n) is 10.3. The van der Waals surface area contributed by atoms with Gasteiger partial charge in [0.05, 0.1) is 29.0 Å². The first-order chi connectivity index (χ1) is 15.0. The number of aromatic amines is 1. The van der Waals surface area contributed by atoms with Gasteiger partial charge in [-0.3, -0.25) is 9.36 Å². The Bertz CT molecular complexity index is 1480. The van der Waals surface area contributed by atoms with E-state index in [9.17, 15) is 4.79 Å². The fourth-order valence-corrected chi connectivity index (χ4v) is 4.19. The van der Waals surface area contributed by atoms with Crippen LogP contribution in [0.1, 0.15) is 29.8 Å². The number of hydrogen-bond donors (Lipinski definition) is 2. The average molecular weight is 409 g/mol. The molecular weight excluding hydrogens is 386 g/mol. The third-order valence-corrected chi connectivity index (χ3v) is 5.77. The van der Waals surface area contributed by atoms with Gasteiger partial charge in [0, 0.05) is 11.9 Å². The lowest BCUT2D eigenvalue weighted by atomic mass is 10.0. The van der Waals surface area contributed by atoms with Crippen LogP contribution < -0.4 is 10.9 Å². The normalized spacial score (nSPS) is 12.4. The van der Waals surface area contributed by atoms with Gasteiger partial charge in [-0.2, -0.15) is 0 Å². The van der Waals surface area contributed by atoms with Crippen molar-refractivity contribution in [2.75, 3.05) is 5.32 Å². The van der Waals surface area contributed by atoms with Gasteiger partial charge in [-0.15, -0.1) is 0 Å². The first-order valence-corrected chi connectivity index (χ1v) is 10.3. The fraction of sp³-hybridized carbons (Fsp3) is 0.160. The summed E-state index contributed by atoms with van der Waals surface area (Å²) in [7, 11) is 0. The number of fused-ring (bicyclic) bond motifs is 2. The van der Waals surface area contributed by atoms with E-state index in [1.165, 1.54) is 0 Å². The largest absolute Gasteiger partial charge is 0.360 e. The van der Waals surface area contributed by atoms with Gasteiger partial charge in [-0.25, -0.2) is 9.97 Å². The third-order valence-electron chi connectivity index (χ3n) is 5.77. The molecule has 31 heavy (non-hydrogen) atoms. The number of rotatable bonds is 4. The minimum Gasteiger partial charge on any atom is -0.360 e. The van der Waals surface area contributed by atoms with Crippen LogP contribution in [0.25, 0.3) is 27.5 Å². The Hall–Kier alpha value is -3.93. The molecule has 154 valence electrons. The molecule has 0 aliphatic heterocycles. The Morgan fingerprint density at radius 3 is 2.65 bits per heavy atom. The van der Waals surface area contributed by atoms with Gasteiger partial charge in [-0.05, 0) is 55.5 Å². The van der Waals surface area contributed by atoms with Gasteiger partial charge >= 0.3 is 0 Å². The van der Waals surface area contributed by atoms with Crippen molar-refractivity contribution in [3.63, 3.8) is 0 Å². The molecule has 1 unspecified atom stereocenters. The summed E-state index contributed by atoms with van der Waals surface area (Å²) in [5, 5.41) is 5.15. The van der Waals surface area contributed by atoms with Crippen molar-refractivity contribution in [2.24, 2.45) is 0 Å². The number of benzene rings is 2. The highest BCUT2D eigenvalue weighted by atomic mass is 16.1. The van der Waals surface area contributed by atoms with Crippen LogP contribution in [0.4, 0.5) is 5.82 Å². The highest BCUT2D eigenvalue weighted by molar-refractivity contribution is 5.87. The van der Waals surface area contributed by atoms with Gasteiger partial charge < -0.3 is 10.3 Å². The van der Waals surface area contributed by atoms with Crippen molar-refractivity contribution in [1.82, 2.24) is 19.5 Å². The lowest BCUT2D eigenvalue weighted by Gasteiger charge is -2.22. The van der Waals surface area contributed by atoms with Gasteiger partial charge in [0.1, 0.15) is 5.52 Å². The smallest absolute Gasteiger partial charge is 0.263 e. The predicted octanol–water partition coefficient (Wildman–Crippen LogP) is 5.05. The van der Waals surface area contributed by atoms with Crippen LogP contribution in [0, 0.1) is 13.8 Å². The molecule has 0 aliphatic rings. The molecule has 1 atom stereocenters. The summed E-state index contributed by atoms with van der Waals surface area (Å²) in [4.78, 5) is 25.7. The zero-order chi connectivity index (χ0) is 21.5. The van der Waals surface area contributed by atoms with Crippen LogP contribution in [-0.4, -0.2) is 19.5 Å². The molecule has 5 aromatic rings. The maximum absolute atomic E-state index is 13.8. The lowest BCUT2D eigenvalue weighted by Crippen LogP contribution is -2.26. The average Bonchev–Trinajstić information content (AvgIpc) is 3.24. The van der Waals surface area contributed by atoms with E-state index in [-0.39, 0.29) is 11.6 Å². The molecule has 0 radical (unpaired) electrons. The van der Waals surface area contributed by atoms with E-state index in [0.29, 0.717) is 5.82 Å². The summed E-state index contributed by atoms with van der Waals surface area (Å²) in [6.45, 7) is 6.05. The number of anilines is 1. The highest BCUT2D eigenvalue weighted by Crippen LogP contribution is 2.27. The highest BCUT2D eigenvalue weighted by Gasteiger charge is 2.19. The number of nitrogens with zero attached hydrogens (tertiary/aromatic N) is 3. The van der Waals surface area contributed by atoms with E-state index < -0.39 is 0 Å². The lowest BCUT2D eigenvalue weighted by molar-refractivity contribution is 0.772. The molecule has 3 heterocycles. The second-order valence-electron chi connectivity index (χ2n) is 7.86. The first kappa shape index (κ1) is 19.1. The molecule has 5 rings (SSSR count). The predicted molar refractivity (Wildman–Crippen MR) is 125 cm³/mol. The van der Waals surface area contributed by atoms with Gasteiger partial charge in [0.25, 0.3) is 5.56 Å². The molecule has 6 nitrogen and oxygen atoms in total. The summed E-state index contributed by atoms with van der Waals surface area (Å²) in [5.74, 6) is 0.680. The minimum atomic E-state index is -0.188. The number of aromatic nitrogens is 4. The Balaban J connectivity index is 1.74. The molecule has 0 fully saturated rings. The number of nitrogens with one attached hydrogen (secondary N) is 2.